The predicted octanol–water partition coefficient (Wildman–Crippen LogP) is 0.264. The number of nitrogens with one attached hydrogen (secondary N) is 1. The normalized spacial score (nSPS) is 36.5. The Kier molecular flexibility index (Phi) is 3.44. The zero-order chi connectivity index (χ0) is 14.5. The van der Waals surface area contributed by atoms with Crippen LogP contribution in [0.3, 0.4) is 0 Å². The van der Waals surface area contributed by atoms with Gasteiger partial charge in [0.25, 0.3) is 0 Å². The Balaban J connectivity index is 2.06. The number of rotatable bonds is 4. The number of nitrogens with two attached hydrogens (primary N) is 1. The number of fused-ring (bicyclic) bond motifs is 1. The highest BCUT2D eigenvalue weighted by atomic mass is 16.5. The molecule has 1 saturated carbocycles. The molecular weight excluding hydrogens is 244 g/mol. The molecule has 2 rings (SSSR count). The Hall–Kier alpha value is -0.650. The molecule has 1 aliphatic carbocycles. The lowest BCUT2D eigenvalue weighted by molar-refractivity contribution is -0.175. The first-order chi connectivity index (χ1) is 8.67. The van der Waals surface area contributed by atoms with Gasteiger partial charge in [-0.25, -0.2) is 0 Å². The maximum absolute atomic E-state index is 12.5. The summed E-state index contributed by atoms with van der Waals surface area (Å²) in [7, 11) is 0. The van der Waals surface area contributed by atoms with Crippen LogP contribution in [0.5, 0.6) is 0 Å². The van der Waals surface area contributed by atoms with E-state index in [2.05, 4.69) is 5.32 Å². The molecule has 4 N–H and O–H groups in total. The Morgan fingerprint density at radius 3 is 2.74 bits per heavy atom. The van der Waals surface area contributed by atoms with Crippen LogP contribution in [0.15, 0.2) is 0 Å². The van der Waals surface area contributed by atoms with E-state index in [1.165, 1.54) is 0 Å². The SMILES string of the molecule is CC(C)(CO)CNC(=O)C1(N)C2CCOC2C1(C)C. The quantitative estimate of drug-likeness (QED) is 0.684. The molecule has 19 heavy (non-hydrogen) atoms. The zero-order valence-corrected chi connectivity index (χ0v) is 12.3. The van der Waals surface area contributed by atoms with Crippen LogP contribution in [0.4, 0.5) is 0 Å². The van der Waals surface area contributed by atoms with Crippen LogP contribution in [-0.2, 0) is 9.53 Å². The molecule has 5 nitrogen and oxygen atoms in total. The number of carbonyl (C=O) groups excluding carboxylic acids is 1. The lowest BCUT2D eigenvalue weighted by atomic mass is 9.48. The molecule has 0 aromatic rings. The summed E-state index contributed by atoms with van der Waals surface area (Å²) in [6.45, 7) is 8.95. The van der Waals surface area contributed by atoms with Crippen molar-refractivity contribution in [1.29, 1.82) is 0 Å². The first-order valence-electron chi connectivity index (χ1n) is 6.96. The van der Waals surface area contributed by atoms with E-state index in [4.69, 9.17) is 10.5 Å². The molecule has 1 saturated heterocycles. The summed E-state index contributed by atoms with van der Waals surface area (Å²) < 4.78 is 5.68. The Morgan fingerprint density at radius 1 is 1.53 bits per heavy atom. The van der Waals surface area contributed by atoms with Crippen LogP contribution in [0.1, 0.15) is 34.1 Å². The van der Waals surface area contributed by atoms with Crippen molar-refractivity contribution in [3.8, 4) is 0 Å². The molecule has 0 aromatic carbocycles. The smallest absolute Gasteiger partial charge is 0.241 e. The summed E-state index contributed by atoms with van der Waals surface area (Å²) in [5.41, 5.74) is 4.89. The van der Waals surface area contributed by atoms with Crippen LogP contribution in [-0.4, -0.2) is 42.4 Å². The van der Waals surface area contributed by atoms with Gasteiger partial charge in [0.05, 0.1) is 6.10 Å². The summed E-state index contributed by atoms with van der Waals surface area (Å²) in [5.74, 6) is -0.00878. The molecule has 0 radical (unpaired) electrons. The van der Waals surface area contributed by atoms with E-state index >= 15 is 0 Å². The fraction of sp³-hybridized carbons (Fsp3) is 0.929. The molecule has 3 unspecified atom stereocenters. The number of amides is 1. The highest BCUT2D eigenvalue weighted by Gasteiger charge is 2.71. The molecule has 2 fully saturated rings. The third-order valence-corrected chi connectivity index (χ3v) is 4.99. The third kappa shape index (κ3) is 1.99. The zero-order valence-electron chi connectivity index (χ0n) is 12.3. The van der Waals surface area contributed by atoms with Gasteiger partial charge in [0.1, 0.15) is 5.54 Å². The molecule has 110 valence electrons. The Morgan fingerprint density at radius 2 is 2.16 bits per heavy atom. The average Bonchev–Trinajstić information content (AvgIpc) is 2.83. The van der Waals surface area contributed by atoms with Crippen LogP contribution < -0.4 is 11.1 Å². The summed E-state index contributed by atoms with van der Waals surface area (Å²) in [5, 5.41) is 12.1. The fourth-order valence-corrected chi connectivity index (χ4v) is 3.37. The van der Waals surface area contributed by atoms with Gasteiger partial charge in [-0.3, -0.25) is 4.79 Å². The maximum atomic E-state index is 12.5. The van der Waals surface area contributed by atoms with Crippen molar-refractivity contribution in [3.63, 3.8) is 0 Å². The average molecular weight is 270 g/mol. The van der Waals surface area contributed by atoms with Crippen LogP contribution >= 0.6 is 0 Å². The topological polar surface area (TPSA) is 84.6 Å². The van der Waals surface area contributed by atoms with Gasteiger partial charge in [-0.1, -0.05) is 27.7 Å². The molecule has 1 aliphatic heterocycles. The Bertz CT molecular complexity index is 381. The minimum absolute atomic E-state index is 0.0312. The third-order valence-electron chi connectivity index (χ3n) is 4.99. The van der Waals surface area contributed by atoms with Gasteiger partial charge < -0.3 is 20.9 Å². The van der Waals surface area contributed by atoms with Crippen molar-refractivity contribution in [2.45, 2.75) is 45.8 Å². The second-order valence-corrected chi connectivity index (χ2v) is 7.28. The summed E-state index contributed by atoms with van der Waals surface area (Å²) in [6, 6.07) is 0. The monoisotopic (exact) mass is 270 g/mol. The van der Waals surface area contributed by atoms with Crippen molar-refractivity contribution >= 4 is 5.91 Å². The lowest BCUT2D eigenvalue weighted by Gasteiger charge is -2.60. The van der Waals surface area contributed by atoms with Crippen LogP contribution in [0.25, 0.3) is 0 Å². The number of aliphatic hydroxyl groups excluding tert-OH is 1. The number of hydrogen-bond acceptors (Lipinski definition) is 4. The van der Waals surface area contributed by atoms with Crippen molar-refractivity contribution < 1.29 is 14.6 Å². The van der Waals surface area contributed by atoms with Gasteiger partial charge in [-0.05, 0) is 6.42 Å². The van der Waals surface area contributed by atoms with Crippen LogP contribution in [0.2, 0.25) is 0 Å². The molecule has 1 heterocycles. The first kappa shape index (κ1) is 14.8. The molecule has 0 spiro atoms. The minimum Gasteiger partial charge on any atom is -0.396 e. The number of ether oxygens (including phenoxy) is 1. The molecule has 5 heteroatoms. The molecule has 2 aliphatic rings. The van der Waals surface area contributed by atoms with E-state index < -0.39 is 5.54 Å². The minimum atomic E-state index is -0.861. The van der Waals surface area contributed by atoms with Gasteiger partial charge in [0.15, 0.2) is 0 Å². The number of carbonyl (C=O) groups is 1. The van der Waals surface area contributed by atoms with Gasteiger partial charge in [0, 0.05) is 36.5 Å². The first-order valence-corrected chi connectivity index (χ1v) is 6.96. The molecular formula is C14H26N2O3. The van der Waals surface area contributed by atoms with Crippen molar-refractivity contribution in [2.75, 3.05) is 19.8 Å². The second kappa shape index (κ2) is 4.43. The lowest BCUT2D eigenvalue weighted by Crippen LogP contribution is -2.80. The second-order valence-electron chi connectivity index (χ2n) is 7.28. The van der Waals surface area contributed by atoms with E-state index in [1.54, 1.807) is 0 Å². The summed E-state index contributed by atoms with van der Waals surface area (Å²) >= 11 is 0. The number of aliphatic hydroxyl groups is 1. The molecule has 0 bridgehead atoms. The van der Waals surface area contributed by atoms with Gasteiger partial charge in [-0.15, -0.1) is 0 Å². The fourth-order valence-electron chi connectivity index (χ4n) is 3.37. The summed E-state index contributed by atoms with van der Waals surface area (Å²) in [6.07, 6.45) is 0.940. The molecule has 3 atom stereocenters. The van der Waals surface area contributed by atoms with E-state index in [1.807, 2.05) is 27.7 Å². The van der Waals surface area contributed by atoms with E-state index in [0.717, 1.165) is 6.42 Å². The van der Waals surface area contributed by atoms with Gasteiger partial charge >= 0.3 is 0 Å². The number of hydrogen-bond donors (Lipinski definition) is 3. The van der Waals surface area contributed by atoms with E-state index in [9.17, 15) is 9.90 Å². The van der Waals surface area contributed by atoms with Gasteiger partial charge in [0.2, 0.25) is 5.91 Å². The van der Waals surface area contributed by atoms with E-state index in [0.29, 0.717) is 13.2 Å². The highest BCUT2D eigenvalue weighted by Crippen LogP contribution is 2.58. The molecule has 0 aromatic heterocycles. The largest absolute Gasteiger partial charge is 0.396 e. The predicted molar refractivity (Wildman–Crippen MR) is 72.4 cm³/mol. The molecule has 1 amide bonds. The van der Waals surface area contributed by atoms with E-state index in [-0.39, 0.29) is 35.4 Å². The van der Waals surface area contributed by atoms with Crippen molar-refractivity contribution in [2.24, 2.45) is 22.5 Å². The summed E-state index contributed by atoms with van der Waals surface area (Å²) in [4.78, 5) is 12.5. The van der Waals surface area contributed by atoms with Gasteiger partial charge in [-0.2, -0.15) is 0 Å². The standard InChI is InChI=1S/C14H26N2O3/c1-12(2,8-17)7-16-11(18)14(15)9-5-6-19-10(9)13(14,3)4/h9-10,17H,5-8,15H2,1-4H3,(H,16,18). The highest BCUT2D eigenvalue weighted by molar-refractivity contribution is 5.89. The van der Waals surface area contributed by atoms with Crippen molar-refractivity contribution in [1.82, 2.24) is 5.32 Å². The van der Waals surface area contributed by atoms with Crippen LogP contribution in [0, 0.1) is 16.7 Å². The van der Waals surface area contributed by atoms with Crippen molar-refractivity contribution in [3.05, 3.63) is 0 Å². The maximum Gasteiger partial charge on any atom is 0.241 e. The Labute approximate surface area is 114 Å².